The van der Waals surface area contributed by atoms with Gasteiger partial charge in [0.25, 0.3) is 5.91 Å². The van der Waals surface area contributed by atoms with Crippen molar-refractivity contribution in [2.75, 3.05) is 13.6 Å². The number of para-hydroxylation sites is 1. The minimum atomic E-state index is -0.702. The summed E-state index contributed by atoms with van der Waals surface area (Å²) >= 11 is 0. The van der Waals surface area contributed by atoms with Gasteiger partial charge < -0.3 is 5.11 Å². The lowest BCUT2D eigenvalue weighted by atomic mass is 10.2. The Morgan fingerprint density at radius 2 is 2.28 bits per heavy atom. The van der Waals surface area contributed by atoms with Crippen LogP contribution in [0.1, 0.15) is 5.56 Å². The number of nitrogens with zero attached hydrogens (tertiary/aromatic N) is 3. The van der Waals surface area contributed by atoms with E-state index in [0.717, 1.165) is 0 Å². The molecule has 1 aromatic carbocycles. The minimum absolute atomic E-state index is 0.0258. The third-order valence-electron chi connectivity index (χ3n) is 1.98. The second-order valence-electron chi connectivity index (χ2n) is 3.41. The van der Waals surface area contributed by atoms with Crippen molar-refractivity contribution in [1.29, 1.82) is 0 Å². The Kier molecular flexibility index (Phi) is 4.61. The van der Waals surface area contributed by atoms with Crippen molar-refractivity contribution in [1.82, 2.24) is 10.4 Å². The number of nitro groups is 1. The molecule has 1 aromatic rings. The van der Waals surface area contributed by atoms with Gasteiger partial charge in [-0.05, 0) is 12.1 Å². The van der Waals surface area contributed by atoms with Gasteiger partial charge in [0.1, 0.15) is 5.75 Å². The predicted molar refractivity (Wildman–Crippen MR) is 63.5 cm³/mol. The summed E-state index contributed by atoms with van der Waals surface area (Å²) in [5.74, 6) is -0.598. The van der Waals surface area contributed by atoms with E-state index in [-0.39, 0.29) is 5.75 Å². The summed E-state index contributed by atoms with van der Waals surface area (Å²) in [5.41, 5.74) is 2.55. The number of hydrazine groups is 1. The van der Waals surface area contributed by atoms with Crippen molar-refractivity contribution in [3.8, 4) is 5.75 Å². The first-order valence-corrected chi connectivity index (χ1v) is 4.96. The van der Waals surface area contributed by atoms with E-state index in [0.29, 0.717) is 10.6 Å². The van der Waals surface area contributed by atoms with Gasteiger partial charge in [0.2, 0.25) is 0 Å². The van der Waals surface area contributed by atoms with Gasteiger partial charge >= 0.3 is 0 Å². The molecule has 0 fully saturated rings. The number of benzene rings is 1. The van der Waals surface area contributed by atoms with E-state index in [4.69, 9.17) is 0 Å². The van der Waals surface area contributed by atoms with Gasteiger partial charge in [-0.1, -0.05) is 12.1 Å². The zero-order chi connectivity index (χ0) is 13.5. The molecule has 8 nitrogen and oxygen atoms in total. The average molecular weight is 252 g/mol. The van der Waals surface area contributed by atoms with Crippen molar-refractivity contribution in [3.05, 3.63) is 39.9 Å². The minimum Gasteiger partial charge on any atom is -0.507 e. The van der Waals surface area contributed by atoms with E-state index in [1.54, 1.807) is 18.2 Å². The fraction of sp³-hybridized carbons (Fsp3) is 0.200. The molecular weight excluding hydrogens is 240 g/mol. The van der Waals surface area contributed by atoms with Crippen LogP contribution >= 0.6 is 0 Å². The highest BCUT2D eigenvalue weighted by atomic mass is 16.7. The van der Waals surface area contributed by atoms with Gasteiger partial charge in [-0.2, -0.15) is 5.10 Å². The molecule has 0 saturated carbocycles. The Hall–Kier alpha value is -2.64. The van der Waals surface area contributed by atoms with Crippen molar-refractivity contribution >= 4 is 12.1 Å². The number of hydrogen-bond donors (Lipinski definition) is 2. The fourth-order valence-corrected chi connectivity index (χ4v) is 1.07. The molecule has 1 rings (SSSR count). The molecule has 0 heterocycles. The number of carbonyl (C=O) groups is 1. The van der Waals surface area contributed by atoms with E-state index in [2.05, 4.69) is 10.5 Å². The van der Waals surface area contributed by atoms with Crippen molar-refractivity contribution in [2.45, 2.75) is 0 Å². The SMILES string of the molecule is CN(CC(=O)N/N=C/c1ccccc1O)[N+](=O)[O-]. The molecule has 0 bridgehead atoms. The molecule has 1 amide bonds. The Morgan fingerprint density at radius 3 is 2.89 bits per heavy atom. The third-order valence-corrected chi connectivity index (χ3v) is 1.98. The molecule has 8 heteroatoms. The van der Waals surface area contributed by atoms with E-state index >= 15 is 0 Å². The van der Waals surface area contributed by atoms with Crippen LogP contribution in [0.25, 0.3) is 0 Å². The number of likely N-dealkylation sites (N-methyl/N-ethyl adjacent to an activating group) is 1. The number of hydrazone groups is 1. The summed E-state index contributed by atoms with van der Waals surface area (Å²) in [6, 6.07) is 6.43. The molecule has 0 saturated heterocycles. The Bertz CT molecular complexity index is 475. The third kappa shape index (κ3) is 4.08. The van der Waals surface area contributed by atoms with Crippen molar-refractivity contribution in [2.24, 2.45) is 5.10 Å². The van der Waals surface area contributed by atoms with Crippen LogP contribution in [0.4, 0.5) is 0 Å². The van der Waals surface area contributed by atoms with E-state index in [1.807, 2.05) is 0 Å². The molecule has 0 aliphatic heterocycles. The maximum absolute atomic E-state index is 11.2. The van der Waals surface area contributed by atoms with Gasteiger partial charge in [-0.15, -0.1) is 5.01 Å². The first-order chi connectivity index (χ1) is 8.50. The van der Waals surface area contributed by atoms with Crippen LogP contribution in [0.15, 0.2) is 29.4 Å². The first-order valence-electron chi connectivity index (χ1n) is 4.96. The molecule has 0 spiro atoms. The standard InChI is InChI=1S/C10H12N4O4/c1-13(14(17)18)7-10(16)12-11-6-8-4-2-3-5-9(8)15/h2-6,15H,7H2,1H3,(H,12,16)/b11-6+. The summed E-state index contributed by atoms with van der Waals surface area (Å²) in [6.45, 7) is -0.412. The Balaban J connectivity index is 2.48. The number of phenolic OH excluding ortho intramolecular Hbond substituents is 1. The van der Waals surface area contributed by atoms with Crippen molar-refractivity contribution < 1.29 is 14.9 Å². The summed E-state index contributed by atoms with van der Waals surface area (Å²) in [5, 5.41) is 23.2. The van der Waals surface area contributed by atoms with Gasteiger partial charge in [0.05, 0.1) is 13.3 Å². The number of hydrogen-bond acceptors (Lipinski definition) is 5. The maximum Gasteiger partial charge on any atom is 0.265 e. The zero-order valence-electron chi connectivity index (χ0n) is 9.61. The second-order valence-corrected chi connectivity index (χ2v) is 3.41. The van der Waals surface area contributed by atoms with Crippen LogP contribution in [0, 0.1) is 10.1 Å². The zero-order valence-corrected chi connectivity index (χ0v) is 9.61. The summed E-state index contributed by atoms with van der Waals surface area (Å²) < 4.78 is 0. The van der Waals surface area contributed by atoms with Crippen LogP contribution < -0.4 is 5.43 Å². The molecule has 2 N–H and O–H groups in total. The lowest BCUT2D eigenvalue weighted by Crippen LogP contribution is -2.36. The fourth-order valence-electron chi connectivity index (χ4n) is 1.07. The van der Waals surface area contributed by atoms with Crippen LogP contribution in [-0.4, -0.2) is 40.9 Å². The molecular formula is C10H12N4O4. The first kappa shape index (κ1) is 13.4. The number of phenols is 1. The number of amides is 1. The monoisotopic (exact) mass is 252 g/mol. The number of rotatable bonds is 5. The van der Waals surface area contributed by atoms with Crippen LogP contribution in [-0.2, 0) is 4.79 Å². The summed E-state index contributed by atoms with van der Waals surface area (Å²) in [6.07, 6.45) is 1.25. The number of carbonyl (C=O) groups excluding carboxylic acids is 1. The molecule has 0 aliphatic rings. The summed E-state index contributed by atoms with van der Waals surface area (Å²) in [7, 11) is 1.17. The molecule has 0 aromatic heterocycles. The number of nitrogens with one attached hydrogen (secondary N) is 1. The van der Waals surface area contributed by atoms with Gasteiger partial charge in [-0.25, -0.2) is 15.5 Å². The molecule has 18 heavy (non-hydrogen) atoms. The quantitative estimate of drug-likeness (QED) is 0.434. The van der Waals surface area contributed by atoms with Crippen LogP contribution in [0.3, 0.4) is 0 Å². The van der Waals surface area contributed by atoms with Crippen molar-refractivity contribution in [3.63, 3.8) is 0 Å². The Labute approximate surface area is 103 Å². The smallest absolute Gasteiger partial charge is 0.265 e. The van der Waals surface area contributed by atoms with Gasteiger partial charge in [-0.3, -0.25) is 4.79 Å². The van der Waals surface area contributed by atoms with Gasteiger partial charge in [0, 0.05) is 5.56 Å². The van der Waals surface area contributed by atoms with Crippen LogP contribution in [0.2, 0.25) is 0 Å². The topological polar surface area (TPSA) is 108 Å². The molecule has 0 aliphatic carbocycles. The van der Waals surface area contributed by atoms with E-state index in [1.165, 1.54) is 19.3 Å². The highest BCUT2D eigenvalue weighted by Gasteiger charge is 2.11. The summed E-state index contributed by atoms with van der Waals surface area (Å²) in [4.78, 5) is 21.5. The lowest BCUT2D eigenvalue weighted by Gasteiger charge is -2.06. The molecule has 0 radical (unpaired) electrons. The highest BCUT2D eigenvalue weighted by Crippen LogP contribution is 2.12. The highest BCUT2D eigenvalue weighted by molar-refractivity contribution is 5.85. The van der Waals surface area contributed by atoms with E-state index < -0.39 is 17.5 Å². The largest absolute Gasteiger partial charge is 0.507 e. The predicted octanol–water partition coefficient (Wildman–Crippen LogP) is -0.0342. The van der Waals surface area contributed by atoms with Crippen LogP contribution in [0.5, 0.6) is 5.75 Å². The normalized spacial score (nSPS) is 10.3. The maximum atomic E-state index is 11.2. The average Bonchev–Trinajstić information content (AvgIpc) is 2.31. The molecule has 96 valence electrons. The Morgan fingerprint density at radius 1 is 1.61 bits per heavy atom. The molecule has 0 unspecified atom stereocenters. The second kappa shape index (κ2) is 6.18. The lowest BCUT2D eigenvalue weighted by molar-refractivity contribution is -0.646. The van der Waals surface area contributed by atoms with Gasteiger partial charge in [0.15, 0.2) is 11.6 Å². The molecule has 0 atom stereocenters. The van der Waals surface area contributed by atoms with E-state index in [9.17, 15) is 20.0 Å². The number of aromatic hydroxyl groups is 1.